The van der Waals surface area contributed by atoms with Crippen LogP contribution in [0.5, 0.6) is 0 Å². The Balaban J connectivity index is 2.24. The lowest BCUT2D eigenvalue weighted by Crippen LogP contribution is -2.30. The largest absolute Gasteiger partial charge is 0.328 e. The second-order valence-corrected chi connectivity index (χ2v) is 6.30. The minimum Gasteiger partial charge on any atom is -0.328 e. The minimum atomic E-state index is -0.0580. The number of hydrogen-bond donors (Lipinski definition) is 1. The van der Waals surface area contributed by atoms with Crippen LogP contribution in [0.1, 0.15) is 38.8 Å². The molecule has 0 unspecified atom stereocenters. The number of thiocarbonyl (C=S) groups is 1. The van der Waals surface area contributed by atoms with E-state index >= 15 is 0 Å². The van der Waals surface area contributed by atoms with E-state index in [9.17, 15) is 4.79 Å². The summed E-state index contributed by atoms with van der Waals surface area (Å²) in [5.41, 5.74) is 2.94. The van der Waals surface area contributed by atoms with Gasteiger partial charge in [-0.25, -0.2) is 0 Å². The Morgan fingerprint density at radius 3 is 2.30 bits per heavy atom. The van der Waals surface area contributed by atoms with E-state index in [1.54, 1.807) is 4.90 Å². The molecular formula is C16H20N2OS. The molecule has 0 spiro atoms. The van der Waals surface area contributed by atoms with Gasteiger partial charge in [0, 0.05) is 6.54 Å². The van der Waals surface area contributed by atoms with Crippen molar-refractivity contribution in [2.45, 2.75) is 33.1 Å². The zero-order chi connectivity index (χ0) is 14.9. The Morgan fingerprint density at radius 2 is 1.85 bits per heavy atom. The molecule has 1 saturated heterocycles. The molecule has 1 aromatic rings. The van der Waals surface area contributed by atoms with Crippen molar-refractivity contribution in [2.24, 2.45) is 0 Å². The van der Waals surface area contributed by atoms with Crippen LogP contribution in [0, 0.1) is 0 Å². The SMILES string of the molecule is CCN1C(=O)/C(=C\c2ccc(C(C)(C)C)cc2)NC1=S. The van der Waals surface area contributed by atoms with Crippen molar-refractivity contribution in [1.82, 2.24) is 10.2 Å². The monoisotopic (exact) mass is 288 g/mol. The summed E-state index contributed by atoms with van der Waals surface area (Å²) in [6.45, 7) is 9.04. The van der Waals surface area contributed by atoms with Crippen LogP contribution in [0.15, 0.2) is 30.0 Å². The Hall–Kier alpha value is -1.68. The first kappa shape index (κ1) is 14.7. The van der Waals surface area contributed by atoms with Gasteiger partial charge in [0.15, 0.2) is 5.11 Å². The van der Waals surface area contributed by atoms with Gasteiger partial charge in [0.1, 0.15) is 5.70 Å². The predicted molar refractivity (Wildman–Crippen MR) is 86.2 cm³/mol. The Morgan fingerprint density at radius 1 is 1.25 bits per heavy atom. The molecule has 4 heteroatoms. The van der Waals surface area contributed by atoms with E-state index in [-0.39, 0.29) is 11.3 Å². The highest BCUT2D eigenvalue weighted by Gasteiger charge is 2.28. The van der Waals surface area contributed by atoms with Crippen LogP contribution in [0.2, 0.25) is 0 Å². The number of carbonyl (C=O) groups is 1. The molecule has 0 saturated carbocycles. The van der Waals surface area contributed by atoms with E-state index in [2.05, 4.69) is 38.2 Å². The maximum Gasteiger partial charge on any atom is 0.276 e. The fourth-order valence-corrected chi connectivity index (χ4v) is 2.43. The average Bonchev–Trinajstić information content (AvgIpc) is 2.63. The molecular weight excluding hydrogens is 268 g/mol. The Kier molecular flexibility index (Phi) is 3.95. The third-order valence-corrected chi connectivity index (χ3v) is 3.69. The van der Waals surface area contributed by atoms with Gasteiger partial charge in [-0.15, -0.1) is 0 Å². The molecule has 20 heavy (non-hydrogen) atoms. The van der Waals surface area contributed by atoms with Gasteiger partial charge in [0.05, 0.1) is 0 Å². The molecule has 0 aliphatic carbocycles. The van der Waals surface area contributed by atoms with Gasteiger partial charge < -0.3 is 5.32 Å². The Labute approximate surface area is 125 Å². The van der Waals surface area contributed by atoms with Crippen LogP contribution in [-0.2, 0) is 10.2 Å². The highest BCUT2D eigenvalue weighted by molar-refractivity contribution is 7.80. The molecule has 3 nitrogen and oxygen atoms in total. The van der Waals surface area contributed by atoms with Gasteiger partial charge in [-0.05, 0) is 41.8 Å². The summed E-state index contributed by atoms with van der Waals surface area (Å²) in [5.74, 6) is -0.0580. The van der Waals surface area contributed by atoms with Gasteiger partial charge in [0.2, 0.25) is 0 Å². The standard InChI is InChI=1S/C16H20N2OS/c1-5-18-14(19)13(17-15(18)20)10-11-6-8-12(9-7-11)16(2,3)4/h6-10H,5H2,1-4H3,(H,17,20)/b13-10+. The van der Waals surface area contributed by atoms with E-state index in [4.69, 9.17) is 12.2 Å². The number of amides is 1. The minimum absolute atomic E-state index is 0.0580. The summed E-state index contributed by atoms with van der Waals surface area (Å²) < 4.78 is 0. The second-order valence-electron chi connectivity index (χ2n) is 5.91. The van der Waals surface area contributed by atoms with Crippen molar-refractivity contribution in [1.29, 1.82) is 0 Å². The Bertz CT molecular complexity index is 567. The number of likely N-dealkylation sites (N-methyl/N-ethyl adjacent to an activating group) is 1. The van der Waals surface area contributed by atoms with Gasteiger partial charge >= 0.3 is 0 Å². The maximum absolute atomic E-state index is 12.1. The molecule has 0 bridgehead atoms. The van der Waals surface area contributed by atoms with Crippen LogP contribution in [0.3, 0.4) is 0 Å². The molecule has 106 valence electrons. The summed E-state index contributed by atoms with van der Waals surface area (Å²) in [7, 11) is 0. The number of hydrogen-bond acceptors (Lipinski definition) is 2. The third-order valence-electron chi connectivity index (χ3n) is 3.37. The van der Waals surface area contributed by atoms with Crippen LogP contribution >= 0.6 is 12.2 Å². The summed E-state index contributed by atoms with van der Waals surface area (Å²) in [6, 6.07) is 8.25. The normalized spacial score (nSPS) is 17.8. The van der Waals surface area contributed by atoms with Crippen molar-refractivity contribution in [3.05, 3.63) is 41.1 Å². The number of benzene rings is 1. The van der Waals surface area contributed by atoms with Gasteiger partial charge in [-0.3, -0.25) is 9.69 Å². The molecule has 1 amide bonds. The lowest BCUT2D eigenvalue weighted by atomic mass is 9.87. The van der Waals surface area contributed by atoms with Crippen molar-refractivity contribution in [3.8, 4) is 0 Å². The smallest absolute Gasteiger partial charge is 0.276 e. The highest BCUT2D eigenvalue weighted by atomic mass is 32.1. The fraction of sp³-hybridized carbons (Fsp3) is 0.375. The molecule has 0 atom stereocenters. The first-order valence-corrected chi connectivity index (χ1v) is 7.19. The van der Waals surface area contributed by atoms with Crippen molar-refractivity contribution in [3.63, 3.8) is 0 Å². The van der Waals surface area contributed by atoms with Crippen LogP contribution in [0.4, 0.5) is 0 Å². The van der Waals surface area contributed by atoms with Gasteiger partial charge in [-0.2, -0.15) is 0 Å². The van der Waals surface area contributed by atoms with E-state index in [1.807, 2.05) is 25.1 Å². The molecule has 0 aromatic heterocycles. The highest BCUT2D eigenvalue weighted by Crippen LogP contribution is 2.23. The topological polar surface area (TPSA) is 32.3 Å². The van der Waals surface area contributed by atoms with Crippen LogP contribution in [-0.4, -0.2) is 22.5 Å². The number of carbonyl (C=O) groups excluding carboxylic acids is 1. The van der Waals surface area contributed by atoms with E-state index in [0.717, 1.165) is 5.56 Å². The summed E-state index contributed by atoms with van der Waals surface area (Å²) in [6.07, 6.45) is 1.84. The van der Waals surface area contributed by atoms with Crippen molar-refractivity contribution >= 4 is 29.3 Å². The first-order chi connectivity index (χ1) is 9.32. The second kappa shape index (κ2) is 5.37. The lowest BCUT2D eigenvalue weighted by molar-refractivity contribution is -0.122. The van der Waals surface area contributed by atoms with Gasteiger partial charge in [-0.1, -0.05) is 45.0 Å². The van der Waals surface area contributed by atoms with Crippen LogP contribution in [0.25, 0.3) is 6.08 Å². The molecule has 0 radical (unpaired) electrons. The average molecular weight is 288 g/mol. The van der Waals surface area contributed by atoms with E-state index < -0.39 is 0 Å². The molecule has 1 fully saturated rings. The first-order valence-electron chi connectivity index (χ1n) is 6.78. The number of nitrogens with one attached hydrogen (secondary N) is 1. The molecule has 1 aromatic carbocycles. The van der Waals surface area contributed by atoms with E-state index in [1.165, 1.54) is 5.56 Å². The van der Waals surface area contributed by atoms with Crippen molar-refractivity contribution < 1.29 is 4.79 Å². The quantitative estimate of drug-likeness (QED) is 0.670. The molecule has 1 heterocycles. The molecule has 1 N–H and O–H groups in total. The zero-order valence-corrected chi connectivity index (χ0v) is 13.2. The molecule has 1 aliphatic rings. The predicted octanol–water partition coefficient (Wildman–Crippen LogP) is 3.06. The lowest BCUT2D eigenvalue weighted by Gasteiger charge is -2.18. The third kappa shape index (κ3) is 2.90. The number of nitrogens with zero attached hydrogens (tertiary/aromatic N) is 1. The summed E-state index contributed by atoms with van der Waals surface area (Å²) in [5, 5.41) is 3.45. The maximum atomic E-state index is 12.1. The van der Waals surface area contributed by atoms with Crippen LogP contribution < -0.4 is 5.32 Å². The molecule has 2 rings (SSSR count). The number of rotatable bonds is 2. The summed E-state index contributed by atoms with van der Waals surface area (Å²) >= 11 is 5.13. The summed E-state index contributed by atoms with van der Waals surface area (Å²) in [4.78, 5) is 13.6. The van der Waals surface area contributed by atoms with Crippen molar-refractivity contribution in [2.75, 3.05) is 6.54 Å². The fourth-order valence-electron chi connectivity index (χ4n) is 2.10. The molecule has 1 aliphatic heterocycles. The van der Waals surface area contributed by atoms with Gasteiger partial charge in [0.25, 0.3) is 5.91 Å². The van der Waals surface area contributed by atoms with E-state index in [0.29, 0.717) is 17.4 Å². The zero-order valence-electron chi connectivity index (χ0n) is 12.4.